The molecule has 1 N–H and O–H groups in total. The molecule has 0 unspecified atom stereocenters. The summed E-state index contributed by atoms with van der Waals surface area (Å²) in [6.07, 6.45) is 0.846. The maximum Gasteiger partial charge on any atom is 0.263 e. The number of thioether (sulfide) groups is 1. The topological polar surface area (TPSA) is 64.0 Å². The molecule has 0 saturated heterocycles. The van der Waals surface area contributed by atoms with E-state index < -0.39 is 0 Å². The number of allylic oxidation sites excluding steroid dienone is 1. The van der Waals surface area contributed by atoms with Gasteiger partial charge in [-0.1, -0.05) is 54.2 Å². The summed E-state index contributed by atoms with van der Waals surface area (Å²) in [7, 11) is 0. The van der Waals surface area contributed by atoms with Crippen LogP contribution in [0.1, 0.15) is 27.7 Å². The van der Waals surface area contributed by atoms with Crippen molar-refractivity contribution in [2.24, 2.45) is 0 Å². The van der Waals surface area contributed by atoms with Gasteiger partial charge in [0.15, 0.2) is 10.9 Å². The average Bonchev–Trinajstić information content (AvgIpc) is 3.07. The number of carbonyl (C=O) groups is 1. The van der Waals surface area contributed by atoms with Gasteiger partial charge in [0.05, 0.1) is 11.1 Å². The van der Waals surface area contributed by atoms with Crippen LogP contribution in [0.2, 0.25) is 0 Å². The first-order valence-electron chi connectivity index (χ1n) is 9.16. The highest BCUT2D eigenvalue weighted by atomic mass is 32.2. The van der Waals surface area contributed by atoms with Crippen molar-refractivity contribution in [3.8, 4) is 0 Å². The zero-order chi connectivity index (χ0) is 19.7. The molecular weight excluding hydrogens is 390 g/mol. The molecule has 5 nitrogen and oxygen atoms in total. The minimum Gasteiger partial charge on any atom is -0.312 e. The summed E-state index contributed by atoms with van der Waals surface area (Å²) in [6, 6.07) is 9.20. The van der Waals surface area contributed by atoms with Crippen molar-refractivity contribution in [1.82, 2.24) is 14.9 Å². The van der Waals surface area contributed by atoms with Crippen molar-refractivity contribution in [3.63, 3.8) is 0 Å². The minimum absolute atomic E-state index is 0.0245. The van der Waals surface area contributed by atoms with E-state index in [0.29, 0.717) is 17.3 Å². The molecule has 0 radical (unpaired) electrons. The van der Waals surface area contributed by atoms with Gasteiger partial charge >= 0.3 is 0 Å². The fourth-order valence-electron chi connectivity index (χ4n) is 3.35. The van der Waals surface area contributed by atoms with Gasteiger partial charge < -0.3 is 5.32 Å². The molecule has 3 aromatic rings. The summed E-state index contributed by atoms with van der Waals surface area (Å²) in [4.78, 5) is 32.5. The monoisotopic (exact) mass is 411 g/mol. The molecule has 0 amide bonds. The number of ketones is 1. The molecule has 4 rings (SSSR count). The Labute approximate surface area is 171 Å². The molecular formula is C21H21N3O2S2. The summed E-state index contributed by atoms with van der Waals surface area (Å²) < 4.78 is 1.67. The van der Waals surface area contributed by atoms with E-state index in [0.717, 1.165) is 40.9 Å². The number of hydrogen-bond acceptors (Lipinski definition) is 6. The first-order valence-corrected chi connectivity index (χ1v) is 11.0. The second-order valence-corrected chi connectivity index (χ2v) is 8.96. The van der Waals surface area contributed by atoms with E-state index in [9.17, 15) is 9.59 Å². The van der Waals surface area contributed by atoms with Gasteiger partial charge in [-0.25, -0.2) is 4.98 Å². The molecule has 144 valence electrons. The van der Waals surface area contributed by atoms with Crippen LogP contribution in [-0.4, -0.2) is 27.6 Å². The molecule has 7 heteroatoms. The summed E-state index contributed by atoms with van der Waals surface area (Å²) >= 11 is 2.90. The van der Waals surface area contributed by atoms with Crippen LogP contribution in [0, 0.1) is 0 Å². The van der Waals surface area contributed by atoms with Gasteiger partial charge in [-0.05, 0) is 25.5 Å². The Balaban J connectivity index is 1.73. The largest absolute Gasteiger partial charge is 0.312 e. The number of Topliss-reactive ketones (excluding diaryl/α,β-unsaturated/α-hetero) is 1. The molecule has 1 aliphatic heterocycles. The van der Waals surface area contributed by atoms with Crippen molar-refractivity contribution in [2.75, 3.05) is 12.3 Å². The van der Waals surface area contributed by atoms with Crippen LogP contribution in [0.25, 0.3) is 10.2 Å². The zero-order valence-electron chi connectivity index (χ0n) is 15.7. The van der Waals surface area contributed by atoms with Crippen LogP contribution >= 0.6 is 23.1 Å². The number of hydrogen-bond donors (Lipinski definition) is 1. The average molecular weight is 412 g/mol. The number of aromatic nitrogens is 2. The van der Waals surface area contributed by atoms with Gasteiger partial charge in [0.25, 0.3) is 5.56 Å². The molecule has 1 aromatic carbocycles. The Kier molecular flexibility index (Phi) is 5.48. The van der Waals surface area contributed by atoms with E-state index in [4.69, 9.17) is 4.98 Å². The maximum atomic E-state index is 13.3. The highest BCUT2D eigenvalue weighted by Gasteiger charge is 2.22. The first-order chi connectivity index (χ1) is 13.5. The Morgan fingerprint density at radius 1 is 1.36 bits per heavy atom. The van der Waals surface area contributed by atoms with Gasteiger partial charge in [-0.3, -0.25) is 14.2 Å². The number of nitrogens with one attached hydrogen (secondary N) is 1. The summed E-state index contributed by atoms with van der Waals surface area (Å²) in [5.41, 5.74) is 2.65. The third-order valence-corrected chi connectivity index (χ3v) is 6.76. The van der Waals surface area contributed by atoms with E-state index >= 15 is 0 Å². The van der Waals surface area contributed by atoms with Gasteiger partial charge in [-0.2, -0.15) is 0 Å². The van der Waals surface area contributed by atoms with E-state index in [2.05, 4.69) is 11.9 Å². The van der Waals surface area contributed by atoms with Gasteiger partial charge in [0, 0.05) is 23.5 Å². The third-order valence-electron chi connectivity index (χ3n) is 4.65. The SMILES string of the molecule is C=C(C)Cn1c(SCC(=O)c2ccccc2)nc2sc3c(c2c1=O)CCNC3. The lowest BCUT2D eigenvalue weighted by Crippen LogP contribution is -2.26. The highest BCUT2D eigenvalue weighted by molar-refractivity contribution is 7.99. The lowest BCUT2D eigenvalue weighted by Gasteiger charge is -2.14. The van der Waals surface area contributed by atoms with E-state index in [1.165, 1.54) is 16.6 Å². The van der Waals surface area contributed by atoms with Gasteiger partial charge in [0.2, 0.25) is 0 Å². The smallest absolute Gasteiger partial charge is 0.263 e. The second-order valence-electron chi connectivity index (χ2n) is 6.93. The molecule has 3 heterocycles. The van der Waals surface area contributed by atoms with Crippen molar-refractivity contribution in [1.29, 1.82) is 0 Å². The van der Waals surface area contributed by atoms with E-state index in [-0.39, 0.29) is 17.1 Å². The van der Waals surface area contributed by atoms with Crippen LogP contribution in [0.15, 0.2) is 52.4 Å². The Morgan fingerprint density at radius 2 is 2.14 bits per heavy atom. The first kappa shape index (κ1) is 19.1. The zero-order valence-corrected chi connectivity index (χ0v) is 17.3. The molecule has 0 fully saturated rings. The lowest BCUT2D eigenvalue weighted by atomic mass is 10.1. The number of benzene rings is 1. The van der Waals surface area contributed by atoms with Crippen LogP contribution in [0.3, 0.4) is 0 Å². The van der Waals surface area contributed by atoms with Crippen molar-refractivity contribution >= 4 is 39.1 Å². The van der Waals surface area contributed by atoms with E-state index in [1.54, 1.807) is 28.0 Å². The normalized spacial score (nSPS) is 13.5. The summed E-state index contributed by atoms with van der Waals surface area (Å²) in [5, 5.41) is 4.67. The molecule has 0 bridgehead atoms. The highest BCUT2D eigenvalue weighted by Crippen LogP contribution is 2.31. The Bertz CT molecular complexity index is 1120. The fourth-order valence-corrected chi connectivity index (χ4v) is 5.47. The second kappa shape index (κ2) is 8.03. The molecule has 0 spiro atoms. The third kappa shape index (κ3) is 3.70. The van der Waals surface area contributed by atoms with Crippen LogP contribution in [0.4, 0.5) is 0 Å². The molecule has 2 aromatic heterocycles. The number of carbonyl (C=O) groups excluding carboxylic acids is 1. The van der Waals surface area contributed by atoms with Crippen molar-refractivity contribution in [3.05, 3.63) is 68.8 Å². The molecule has 0 saturated carbocycles. The van der Waals surface area contributed by atoms with Crippen molar-refractivity contribution < 1.29 is 4.79 Å². The minimum atomic E-state index is -0.0259. The Morgan fingerprint density at radius 3 is 2.89 bits per heavy atom. The lowest BCUT2D eigenvalue weighted by molar-refractivity contribution is 0.102. The molecule has 1 aliphatic rings. The van der Waals surface area contributed by atoms with Crippen LogP contribution in [-0.2, 0) is 19.5 Å². The van der Waals surface area contributed by atoms with Gasteiger partial charge in [0.1, 0.15) is 4.83 Å². The molecule has 0 aliphatic carbocycles. The molecule has 0 atom stereocenters. The molecule has 28 heavy (non-hydrogen) atoms. The summed E-state index contributed by atoms with van der Waals surface area (Å²) in [6.45, 7) is 7.92. The van der Waals surface area contributed by atoms with Crippen LogP contribution in [0.5, 0.6) is 0 Å². The van der Waals surface area contributed by atoms with Crippen LogP contribution < -0.4 is 10.9 Å². The quantitative estimate of drug-likeness (QED) is 0.290. The van der Waals surface area contributed by atoms with Gasteiger partial charge in [-0.15, -0.1) is 11.3 Å². The Hall–Kier alpha value is -2.22. The fraction of sp³-hybridized carbons (Fsp3) is 0.286. The number of fused-ring (bicyclic) bond motifs is 3. The van der Waals surface area contributed by atoms with E-state index in [1.807, 2.05) is 25.1 Å². The predicted molar refractivity (Wildman–Crippen MR) is 116 cm³/mol. The number of nitrogens with zero attached hydrogens (tertiary/aromatic N) is 2. The van der Waals surface area contributed by atoms with Crippen molar-refractivity contribution in [2.45, 2.75) is 31.6 Å². The maximum absolute atomic E-state index is 13.3. The summed E-state index contributed by atoms with van der Waals surface area (Å²) in [5.74, 6) is 0.265. The number of rotatable bonds is 6. The number of thiophene rings is 1. The standard InChI is InChI=1S/C21H21N3O2S2/c1-13(2)11-24-20(26)18-15-8-9-22-10-17(15)28-19(18)23-21(24)27-12-16(25)14-6-4-3-5-7-14/h3-7,22H,1,8-12H2,2H3. The predicted octanol–water partition coefficient (Wildman–Crippen LogP) is 3.65.